The second-order valence-corrected chi connectivity index (χ2v) is 6.42. The summed E-state index contributed by atoms with van der Waals surface area (Å²) < 4.78 is 6.71. The van der Waals surface area contributed by atoms with Crippen LogP contribution in [0.5, 0.6) is 0 Å². The highest BCUT2D eigenvalue weighted by atomic mass is 16.5. The SMILES string of the molecule is CCN1CCC2(CC1)O[C@H](c1ccccc1)c1ccccc12. The lowest BCUT2D eigenvalue weighted by Gasteiger charge is -2.39. The third-order valence-electron chi connectivity index (χ3n) is 5.29. The van der Waals surface area contributed by atoms with Crippen LogP contribution >= 0.6 is 0 Å². The Morgan fingerprint density at radius 3 is 2.41 bits per heavy atom. The lowest BCUT2D eigenvalue weighted by Crippen LogP contribution is -2.42. The zero-order chi connectivity index (χ0) is 15.0. The van der Waals surface area contributed by atoms with Gasteiger partial charge in [0.1, 0.15) is 6.10 Å². The van der Waals surface area contributed by atoms with Gasteiger partial charge in [0, 0.05) is 13.1 Å². The van der Waals surface area contributed by atoms with Crippen LogP contribution in [0.25, 0.3) is 0 Å². The first-order chi connectivity index (χ1) is 10.8. The molecule has 0 N–H and O–H groups in total. The van der Waals surface area contributed by atoms with Crippen molar-refractivity contribution >= 4 is 0 Å². The Labute approximate surface area is 132 Å². The van der Waals surface area contributed by atoms with Gasteiger partial charge in [-0.2, -0.15) is 0 Å². The lowest BCUT2D eigenvalue weighted by molar-refractivity contribution is -0.0962. The highest BCUT2D eigenvalue weighted by Gasteiger charge is 2.46. The number of fused-ring (bicyclic) bond motifs is 2. The summed E-state index contributed by atoms with van der Waals surface area (Å²) in [6.45, 7) is 5.65. The minimum atomic E-state index is -0.0806. The quantitative estimate of drug-likeness (QED) is 0.826. The van der Waals surface area contributed by atoms with Gasteiger partial charge in [0.15, 0.2) is 0 Å². The molecule has 2 aliphatic rings. The van der Waals surface area contributed by atoms with Crippen LogP contribution in [-0.2, 0) is 10.3 Å². The molecule has 114 valence electrons. The summed E-state index contributed by atoms with van der Waals surface area (Å²) in [6.07, 6.45) is 2.29. The number of ether oxygens (including phenoxy) is 1. The van der Waals surface area contributed by atoms with E-state index in [4.69, 9.17) is 4.74 Å². The third kappa shape index (κ3) is 2.18. The second-order valence-electron chi connectivity index (χ2n) is 6.42. The van der Waals surface area contributed by atoms with Gasteiger partial charge in [-0.25, -0.2) is 0 Å². The summed E-state index contributed by atoms with van der Waals surface area (Å²) in [5.74, 6) is 0. The average Bonchev–Trinajstić information content (AvgIpc) is 2.91. The number of hydrogen-bond donors (Lipinski definition) is 0. The van der Waals surface area contributed by atoms with Gasteiger partial charge in [-0.3, -0.25) is 0 Å². The molecule has 0 aromatic heterocycles. The number of nitrogens with zero attached hydrogens (tertiary/aromatic N) is 1. The highest BCUT2D eigenvalue weighted by Crippen LogP contribution is 2.51. The Bertz CT molecular complexity index is 644. The topological polar surface area (TPSA) is 12.5 Å². The number of hydrogen-bond acceptors (Lipinski definition) is 2. The monoisotopic (exact) mass is 293 g/mol. The molecular weight excluding hydrogens is 270 g/mol. The van der Waals surface area contributed by atoms with Crippen molar-refractivity contribution < 1.29 is 4.74 Å². The van der Waals surface area contributed by atoms with Crippen LogP contribution in [0.2, 0.25) is 0 Å². The van der Waals surface area contributed by atoms with Crippen molar-refractivity contribution in [1.29, 1.82) is 0 Å². The summed E-state index contributed by atoms with van der Waals surface area (Å²) in [5.41, 5.74) is 3.96. The van der Waals surface area contributed by atoms with Crippen LogP contribution in [0.3, 0.4) is 0 Å². The molecule has 0 saturated carbocycles. The molecule has 1 atom stereocenters. The Kier molecular flexibility index (Phi) is 3.51. The maximum Gasteiger partial charge on any atom is 0.109 e. The number of likely N-dealkylation sites (tertiary alicyclic amines) is 1. The van der Waals surface area contributed by atoms with Crippen LogP contribution < -0.4 is 0 Å². The first-order valence-electron chi connectivity index (χ1n) is 8.37. The summed E-state index contributed by atoms with van der Waals surface area (Å²) in [4.78, 5) is 2.52. The van der Waals surface area contributed by atoms with Gasteiger partial charge in [-0.15, -0.1) is 0 Å². The van der Waals surface area contributed by atoms with Crippen LogP contribution in [0.1, 0.15) is 42.6 Å². The van der Waals surface area contributed by atoms with Crippen LogP contribution in [-0.4, -0.2) is 24.5 Å². The van der Waals surface area contributed by atoms with Gasteiger partial charge in [0.2, 0.25) is 0 Å². The molecule has 2 heteroatoms. The molecule has 0 aliphatic carbocycles. The van der Waals surface area contributed by atoms with Gasteiger partial charge >= 0.3 is 0 Å². The van der Waals surface area contributed by atoms with Gasteiger partial charge in [-0.05, 0) is 36.1 Å². The molecule has 1 spiro atoms. The van der Waals surface area contributed by atoms with E-state index < -0.39 is 0 Å². The zero-order valence-electron chi connectivity index (χ0n) is 13.2. The largest absolute Gasteiger partial charge is 0.358 e. The Balaban J connectivity index is 1.72. The van der Waals surface area contributed by atoms with E-state index in [2.05, 4.69) is 66.4 Å². The molecule has 1 saturated heterocycles. The van der Waals surface area contributed by atoms with Gasteiger partial charge in [0.05, 0.1) is 5.60 Å². The predicted octanol–water partition coefficient (Wildman–Crippen LogP) is 4.12. The first-order valence-corrected chi connectivity index (χ1v) is 8.37. The van der Waals surface area contributed by atoms with E-state index in [-0.39, 0.29) is 11.7 Å². The smallest absolute Gasteiger partial charge is 0.109 e. The highest BCUT2D eigenvalue weighted by molar-refractivity contribution is 5.43. The van der Waals surface area contributed by atoms with E-state index in [0.29, 0.717) is 0 Å². The summed E-state index contributed by atoms with van der Waals surface area (Å²) in [7, 11) is 0. The van der Waals surface area contributed by atoms with E-state index in [1.807, 2.05) is 0 Å². The van der Waals surface area contributed by atoms with Crippen LogP contribution in [0.15, 0.2) is 54.6 Å². The van der Waals surface area contributed by atoms with Crippen LogP contribution in [0.4, 0.5) is 0 Å². The van der Waals surface area contributed by atoms with Crippen molar-refractivity contribution in [3.8, 4) is 0 Å². The van der Waals surface area contributed by atoms with E-state index in [9.17, 15) is 0 Å². The first kappa shape index (κ1) is 14.0. The normalized spacial score (nSPS) is 23.6. The maximum atomic E-state index is 6.71. The summed E-state index contributed by atoms with van der Waals surface area (Å²) >= 11 is 0. The number of benzene rings is 2. The molecule has 0 radical (unpaired) electrons. The molecule has 2 nitrogen and oxygen atoms in total. The van der Waals surface area contributed by atoms with E-state index in [1.54, 1.807) is 0 Å². The van der Waals surface area contributed by atoms with E-state index in [1.165, 1.54) is 16.7 Å². The molecule has 0 unspecified atom stereocenters. The fourth-order valence-electron chi connectivity index (χ4n) is 3.99. The molecule has 2 aromatic carbocycles. The maximum absolute atomic E-state index is 6.71. The lowest BCUT2D eigenvalue weighted by atomic mass is 9.83. The van der Waals surface area contributed by atoms with Crippen molar-refractivity contribution in [1.82, 2.24) is 4.90 Å². The fraction of sp³-hybridized carbons (Fsp3) is 0.400. The van der Waals surface area contributed by atoms with Crippen molar-refractivity contribution in [3.63, 3.8) is 0 Å². The summed E-state index contributed by atoms with van der Waals surface area (Å²) in [5, 5.41) is 0. The average molecular weight is 293 g/mol. The number of piperidine rings is 1. The summed E-state index contributed by atoms with van der Waals surface area (Å²) in [6, 6.07) is 19.5. The molecule has 1 fully saturated rings. The van der Waals surface area contributed by atoms with Gasteiger partial charge in [0.25, 0.3) is 0 Å². The molecular formula is C20H23NO. The minimum Gasteiger partial charge on any atom is -0.358 e. The molecule has 2 aromatic rings. The third-order valence-corrected chi connectivity index (χ3v) is 5.29. The molecule has 2 heterocycles. The van der Waals surface area contributed by atoms with Gasteiger partial charge in [-0.1, -0.05) is 61.5 Å². The molecule has 0 amide bonds. The molecule has 22 heavy (non-hydrogen) atoms. The van der Waals surface area contributed by atoms with Crippen molar-refractivity contribution in [3.05, 3.63) is 71.3 Å². The predicted molar refractivity (Wildman–Crippen MR) is 88.8 cm³/mol. The Morgan fingerprint density at radius 2 is 1.68 bits per heavy atom. The minimum absolute atomic E-state index is 0.0806. The molecule has 0 bridgehead atoms. The van der Waals surface area contributed by atoms with E-state index in [0.717, 1.165) is 32.5 Å². The molecule has 2 aliphatic heterocycles. The second kappa shape index (κ2) is 5.53. The molecule has 4 rings (SSSR count). The van der Waals surface area contributed by atoms with Crippen molar-refractivity contribution in [2.24, 2.45) is 0 Å². The Hall–Kier alpha value is -1.64. The van der Waals surface area contributed by atoms with Crippen molar-refractivity contribution in [2.45, 2.75) is 31.5 Å². The van der Waals surface area contributed by atoms with E-state index >= 15 is 0 Å². The van der Waals surface area contributed by atoms with Crippen LogP contribution in [0, 0.1) is 0 Å². The fourth-order valence-corrected chi connectivity index (χ4v) is 3.99. The zero-order valence-corrected chi connectivity index (χ0v) is 13.2. The number of rotatable bonds is 2. The standard InChI is InChI=1S/C20H23NO/c1-2-21-14-12-20(13-15-21)18-11-7-6-10-17(18)19(22-20)16-8-4-3-5-9-16/h3-11,19H,2,12-15H2,1H3/t19-/m1/s1. The van der Waals surface area contributed by atoms with Gasteiger partial charge < -0.3 is 9.64 Å². The van der Waals surface area contributed by atoms with Crippen molar-refractivity contribution in [2.75, 3.05) is 19.6 Å². The Morgan fingerprint density at radius 1 is 1.00 bits per heavy atom.